The van der Waals surface area contributed by atoms with Gasteiger partial charge in [0.1, 0.15) is 6.04 Å². The second kappa shape index (κ2) is 9.98. The monoisotopic (exact) mass is 302 g/mol. The molecule has 122 valence electrons. The van der Waals surface area contributed by atoms with Crippen molar-refractivity contribution in [3.8, 4) is 0 Å². The van der Waals surface area contributed by atoms with Crippen molar-refractivity contribution in [3.63, 3.8) is 0 Å². The van der Waals surface area contributed by atoms with Crippen LogP contribution in [0.3, 0.4) is 0 Å². The number of carbonyl (C=O) groups is 3. The van der Waals surface area contributed by atoms with E-state index in [1.54, 1.807) is 0 Å². The number of nitrogens with two attached hydrogens (primary N) is 1. The molecule has 1 atom stereocenters. The first-order valence-corrected chi connectivity index (χ1v) is 6.99. The molecular formula is C13H26N4O4. The minimum Gasteiger partial charge on any atom is -0.480 e. The van der Waals surface area contributed by atoms with Crippen molar-refractivity contribution in [3.05, 3.63) is 0 Å². The number of primary amides is 1. The Morgan fingerprint density at radius 3 is 2.33 bits per heavy atom. The van der Waals surface area contributed by atoms with Gasteiger partial charge in [-0.2, -0.15) is 0 Å². The maximum absolute atomic E-state index is 11.5. The van der Waals surface area contributed by atoms with E-state index < -0.39 is 30.4 Å². The second-order valence-electron chi connectivity index (χ2n) is 5.24. The standard InChI is InChI=1S/C13H26N4O4/c1-9(2)17(3)7-5-4-6-15-13(21)16-10(12(19)20)8-11(14)18/h9-10H,4-8H2,1-3H3,(H2,14,18)(H,19,20)(H2,15,16,21). The molecule has 0 aromatic rings. The van der Waals surface area contributed by atoms with E-state index in [2.05, 4.69) is 29.4 Å². The highest BCUT2D eigenvalue weighted by Crippen LogP contribution is 1.97. The highest BCUT2D eigenvalue weighted by molar-refractivity contribution is 5.87. The third kappa shape index (κ3) is 9.67. The van der Waals surface area contributed by atoms with Crippen LogP contribution < -0.4 is 16.4 Å². The normalized spacial score (nSPS) is 12.2. The van der Waals surface area contributed by atoms with E-state index >= 15 is 0 Å². The highest BCUT2D eigenvalue weighted by Gasteiger charge is 2.21. The molecule has 8 nitrogen and oxygen atoms in total. The molecule has 0 rings (SSSR count). The largest absolute Gasteiger partial charge is 0.480 e. The lowest BCUT2D eigenvalue weighted by atomic mass is 10.2. The molecule has 0 saturated heterocycles. The van der Waals surface area contributed by atoms with E-state index in [-0.39, 0.29) is 0 Å². The fourth-order valence-corrected chi connectivity index (χ4v) is 1.56. The summed E-state index contributed by atoms with van der Waals surface area (Å²) in [6.45, 7) is 5.59. The zero-order chi connectivity index (χ0) is 16.4. The maximum atomic E-state index is 11.5. The third-order valence-corrected chi connectivity index (χ3v) is 3.11. The van der Waals surface area contributed by atoms with Gasteiger partial charge in [-0.25, -0.2) is 9.59 Å². The molecule has 0 spiro atoms. The Bertz CT molecular complexity index is 360. The van der Waals surface area contributed by atoms with Gasteiger partial charge in [0.15, 0.2) is 0 Å². The van der Waals surface area contributed by atoms with E-state index in [1.165, 1.54) is 0 Å². The van der Waals surface area contributed by atoms with Crippen molar-refractivity contribution >= 4 is 17.9 Å². The summed E-state index contributed by atoms with van der Waals surface area (Å²) in [7, 11) is 2.03. The van der Waals surface area contributed by atoms with Crippen molar-refractivity contribution in [1.29, 1.82) is 0 Å². The van der Waals surface area contributed by atoms with Gasteiger partial charge in [0, 0.05) is 12.6 Å². The summed E-state index contributed by atoms with van der Waals surface area (Å²) in [5.74, 6) is -2.07. The number of amides is 3. The van der Waals surface area contributed by atoms with Crippen LogP contribution in [0.1, 0.15) is 33.1 Å². The predicted molar refractivity (Wildman–Crippen MR) is 78.8 cm³/mol. The number of nitrogens with zero attached hydrogens (tertiary/aromatic N) is 1. The third-order valence-electron chi connectivity index (χ3n) is 3.11. The van der Waals surface area contributed by atoms with Gasteiger partial charge >= 0.3 is 12.0 Å². The van der Waals surface area contributed by atoms with Crippen molar-refractivity contribution in [2.75, 3.05) is 20.1 Å². The number of urea groups is 1. The number of hydrogen-bond donors (Lipinski definition) is 4. The summed E-state index contributed by atoms with van der Waals surface area (Å²) >= 11 is 0. The number of carbonyl (C=O) groups excluding carboxylic acids is 2. The molecule has 0 heterocycles. The number of hydrogen-bond acceptors (Lipinski definition) is 4. The second-order valence-corrected chi connectivity index (χ2v) is 5.24. The first kappa shape index (κ1) is 19.2. The zero-order valence-corrected chi connectivity index (χ0v) is 12.9. The molecule has 0 aliphatic heterocycles. The smallest absolute Gasteiger partial charge is 0.326 e. The summed E-state index contributed by atoms with van der Waals surface area (Å²) in [6, 6.07) is -1.43. The van der Waals surface area contributed by atoms with Crippen LogP contribution in [0.25, 0.3) is 0 Å². The number of carboxylic acid groups (broad SMARTS) is 1. The number of unbranched alkanes of at least 4 members (excludes halogenated alkanes) is 1. The number of aliphatic carboxylic acids is 1. The fourth-order valence-electron chi connectivity index (χ4n) is 1.56. The Morgan fingerprint density at radius 1 is 1.24 bits per heavy atom. The van der Waals surface area contributed by atoms with E-state index in [0.717, 1.165) is 19.4 Å². The minimum absolute atomic E-state index is 0.429. The van der Waals surface area contributed by atoms with Gasteiger partial charge in [0.2, 0.25) is 5.91 Å². The lowest BCUT2D eigenvalue weighted by Crippen LogP contribution is -2.47. The lowest BCUT2D eigenvalue weighted by Gasteiger charge is -2.20. The van der Waals surface area contributed by atoms with Gasteiger partial charge in [-0.15, -0.1) is 0 Å². The van der Waals surface area contributed by atoms with Crippen LogP contribution in [0.2, 0.25) is 0 Å². The van der Waals surface area contributed by atoms with Crippen molar-refractivity contribution in [2.45, 2.75) is 45.2 Å². The van der Waals surface area contributed by atoms with Crippen LogP contribution in [0.5, 0.6) is 0 Å². The van der Waals surface area contributed by atoms with Crippen LogP contribution in [-0.2, 0) is 9.59 Å². The summed E-state index contributed by atoms with van der Waals surface area (Å²) in [6.07, 6.45) is 1.29. The topological polar surface area (TPSA) is 125 Å². The number of rotatable bonds is 10. The van der Waals surface area contributed by atoms with E-state index in [9.17, 15) is 14.4 Å². The Labute approximate surface area is 125 Å². The Balaban J connectivity index is 3.88. The summed E-state index contributed by atoms with van der Waals surface area (Å²) in [5, 5.41) is 13.6. The zero-order valence-electron chi connectivity index (χ0n) is 12.9. The molecule has 1 unspecified atom stereocenters. The van der Waals surface area contributed by atoms with Gasteiger partial charge in [0.05, 0.1) is 6.42 Å². The molecule has 0 aromatic carbocycles. The van der Waals surface area contributed by atoms with Gasteiger partial charge in [-0.3, -0.25) is 4.79 Å². The average Bonchev–Trinajstić information content (AvgIpc) is 2.36. The van der Waals surface area contributed by atoms with Gasteiger partial charge in [-0.05, 0) is 40.3 Å². The summed E-state index contributed by atoms with van der Waals surface area (Å²) in [4.78, 5) is 35.2. The average molecular weight is 302 g/mol. The maximum Gasteiger partial charge on any atom is 0.326 e. The van der Waals surface area contributed by atoms with Crippen LogP contribution in [0, 0.1) is 0 Å². The molecule has 0 fully saturated rings. The lowest BCUT2D eigenvalue weighted by molar-refractivity contribution is -0.140. The molecule has 0 aromatic heterocycles. The van der Waals surface area contributed by atoms with Crippen molar-refractivity contribution in [2.24, 2.45) is 5.73 Å². The highest BCUT2D eigenvalue weighted by atomic mass is 16.4. The van der Waals surface area contributed by atoms with Crippen molar-refractivity contribution in [1.82, 2.24) is 15.5 Å². The molecule has 0 radical (unpaired) electrons. The van der Waals surface area contributed by atoms with E-state index in [1.807, 2.05) is 7.05 Å². The summed E-state index contributed by atoms with van der Waals surface area (Å²) in [5.41, 5.74) is 4.92. The quantitative estimate of drug-likeness (QED) is 0.414. The molecule has 8 heteroatoms. The van der Waals surface area contributed by atoms with E-state index in [0.29, 0.717) is 12.6 Å². The van der Waals surface area contributed by atoms with Crippen LogP contribution in [0.15, 0.2) is 0 Å². The Hall–Kier alpha value is -1.83. The van der Waals surface area contributed by atoms with Crippen LogP contribution >= 0.6 is 0 Å². The van der Waals surface area contributed by atoms with Gasteiger partial charge in [-0.1, -0.05) is 0 Å². The first-order valence-electron chi connectivity index (χ1n) is 6.99. The molecule has 0 saturated carbocycles. The first-order chi connectivity index (χ1) is 9.73. The Kier molecular flexibility index (Phi) is 9.11. The van der Waals surface area contributed by atoms with Gasteiger partial charge in [0.25, 0.3) is 0 Å². The summed E-state index contributed by atoms with van der Waals surface area (Å²) < 4.78 is 0. The van der Waals surface area contributed by atoms with Crippen LogP contribution in [-0.4, -0.2) is 60.1 Å². The Morgan fingerprint density at radius 2 is 1.86 bits per heavy atom. The van der Waals surface area contributed by atoms with Crippen LogP contribution in [0.4, 0.5) is 4.79 Å². The molecule has 21 heavy (non-hydrogen) atoms. The fraction of sp³-hybridized carbons (Fsp3) is 0.769. The predicted octanol–water partition coefficient (Wildman–Crippen LogP) is -0.265. The van der Waals surface area contributed by atoms with E-state index in [4.69, 9.17) is 10.8 Å². The van der Waals surface area contributed by atoms with Gasteiger partial charge < -0.3 is 26.4 Å². The molecule has 0 aliphatic carbocycles. The molecular weight excluding hydrogens is 276 g/mol. The molecule has 0 aliphatic rings. The minimum atomic E-state index is -1.30. The molecule has 0 bridgehead atoms. The molecule has 3 amide bonds. The molecule has 5 N–H and O–H groups in total. The van der Waals surface area contributed by atoms with Crippen molar-refractivity contribution < 1.29 is 19.5 Å². The number of nitrogens with one attached hydrogen (secondary N) is 2. The SMILES string of the molecule is CC(C)N(C)CCCCNC(=O)NC(CC(N)=O)C(=O)O. The number of carboxylic acids is 1.